The van der Waals surface area contributed by atoms with E-state index >= 15 is 0 Å². The summed E-state index contributed by atoms with van der Waals surface area (Å²) in [7, 11) is 0. The van der Waals surface area contributed by atoms with Gasteiger partial charge in [0.1, 0.15) is 10.7 Å². The Morgan fingerprint density at radius 1 is 1.26 bits per heavy atom. The van der Waals surface area contributed by atoms with Crippen molar-refractivity contribution in [1.29, 1.82) is 0 Å². The van der Waals surface area contributed by atoms with Crippen molar-refractivity contribution >= 4 is 11.8 Å². The first-order chi connectivity index (χ1) is 10.7. The molecule has 3 heterocycles. The Morgan fingerprint density at radius 3 is 2.35 bits per heavy atom. The lowest BCUT2D eigenvalue weighted by Crippen LogP contribution is -2.39. The molecule has 2 unspecified atom stereocenters. The first kappa shape index (κ1) is 16.0. The van der Waals surface area contributed by atoms with E-state index in [2.05, 4.69) is 4.90 Å². The maximum absolute atomic E-state index is 12.4. The van der Waals surface area contributed by atoms with Crippen molar-refractivity contribution in [1.82, 2.24) is 9.80 Å². The summed E-state index contributed by atoms with van der Waals surface area (Å²) in [4.78, 5) is 26.8. The van der Waals surface area contributed by atoms with E-state index in [0.29, 0.717) is 24.1 Å². The summed E-state index contributed by atoms with van der Waals surface area (Å²) in [5.41, 5.74) is -0.328. The predicted molar refractivity (Wildman–Crippen MR) is 83.7 cm³/mol. The molecule has 126 valence electrons. The summed E-state index contributed by atoms with van der Waals surface area (Å²) in [6, 6.07) is 3.07. The SMILES string of the molecule is CC(C)(C)C(=O)N1CC2CN(Cc3ccc([N+](=O)[O-])o3)CC2C1. The number of amides is 1. The second-order valence-corrected chi connectivity index (χ2v) is 7.67. The van der Waals surface area contributed by atoms with Crippen LogP contribution >= 0.6 is 0 Å². The number of rotatable bonds is 3. The molecule has 2 aliphatic heterocycles. The van der Waals surface area contributed by atoms with Crippen molar-refractivity contribution in [2.75, 3.05) is 26.2 Å². The van der Waals surface area contributed by atoms with E-state index in [1.807, 2.05) is 25.7 Å². The van der Waals surface area contributed by atoms with Crippen LogP contribution in [0.3, 0.4) is 0 Å². The van der Waals surface area contributed by atoms with Gasteiger partial charge in [0.2, 0.25) is 5.91 Å². The molecule has 7 heteroatoms. The van der Waals surface area contributed by atoms with Crippen LogP contribution in [0, 0.1) is 27.4 Å². The highest BCUT2D eigenvalue weighted by Crippen LogP contribution is 2.34. The Hall–Kier alpha value is -1.89. The fraction of sp³-hybridized carbons (Fsp3) is 0.688. The average Bonchev–Trinajstić information content (AvgIpc) is 3.10. The van der Waals surface area contributed by atoms with Crippen LogP contribution in [0.5, 0.6) is 0 Å². The van der Waals surface area contributed by atoms with Crippen molar-refractivity contribution < 1.29 is 14.1 Å². The van der Waals surface area contributed by atoms with Gasteiger partial charge in [-0.1, -0.05) is 20.8 Å². The van der Waals surface area contributed by atoms with E-state index in [9.17, 15) is 14.9 Å². The van der Waals surface area contributed by atoms with Crippen LogP contribution in [-0.2, 0) is 11.3 Å². The standard InChI is InChI=1S/C16H23N3O4/c1-16(2,3)15(20)18-8-11-6-17(7-12(11)9-18)10-13-4-5-14(23-13)19(21)22/h4-5,11-12H,6-10H2,1-3H3. The molecular formula is C16H23N3O4. The van der Waals surface area contributed by atoms with Gasteiger partial charge in [-0.2, -0.15) is 0 Å². The Morgan fingerprint density at radius 2 is 1.87 bits per heavy atom. The lowest BCUT2D eigenvalue weighted by Gasteiger charge is -2.27. The van der Waals surface area contributed by atoms with Crippen molar-refractivity contribution in [3.63, 3.8) is 0 Å². The Labute approximate surface area is 135 Å². The highest BCUT2D eigenvalue weighted by atomic mass is 16.6. The van der Waals surface area contributed by atoms with E-state index in [-0.39, 0.29) is 17.2 Å². The van der Waals surface area contributed by atoms with Crippen molar-refractivity contribution in [2.24, 2.45) is 17.3 Å². The molecule has 1 aromatic heterocycles. The maximum Gasteiger partial charge on any atom is 0.433 e. The number of nitrogens with zero attached hydrogens (tertiary/aromatic N) is 3. The normalized spacial score (nSPS) is 24.9. The van der Waals surface area contributed by atoms with Gasteiger partial charge in [-0.25, -0.2) is 0 Å². The van der Waals surface area contributed by atoms with Crippen LogP contribution < -0.4 is 0 Å². The molecule has 0 saturated carbocycles. The molecule has 7 nitrogen and oxygen atoms in total. The topological polar surface area (TPSA) is 79.8 Å². The number of hydrogen-bond donors (Lipinski definition) is 0. The zero-order valence-electron chi connectivity index (χ0n) is 13.8. The molecule has 0 N–H and O–H groups in total. The molecule has 2 fully saturated rings. The van der Waals surface area contributed by atoms with Crippen LogP contribution in [0.1, 0.15) is 26.5 Å². The van der Waals surface area contributed by atoms with Gasteiger partial charge < -0.3 is 9.32 Å². The minimum Gasteiger partial charge on any atom is -0.404 e. The number of fused-ring (bicyclic) bond motifs is 1. The van der Waals surface area contributed by atoms with Gasteiger partial charge in [0.15, 0.2) is 0 Å². The molecular weight excluding hydrogens is 298 g/mol. The monoisotopic (exact) mass is 321 g/mol. The van der Waals surface area contributed by atoms with Crippen LogP contribution in [0.25, 0.3) is 0 Å². The third-order valence-corrected chi connectivity index (χ3v) is 4.70. The summed E-state index contributed by atoms with van der Waals surface area (Å²) >= 11 is 0. The minimum atomic E-state index is -0.516. The molecule has 2 atom stereocenters. The summed E-state index contributed by atoms with van der Waals surface area (Å²) in [6.07, 6.45) is 0. The van der Waals surface area contributed by atoms with E-state index in [4.69, 9.17) is 4.42 Å². The fourth-order valence-corrected chi connectivity index (χ4v) is 3.63. The Balaban J connectivity index is 1.55. The van der Waals surface area contributed by atoms with E-state index in [0.717, 1.165) is 26.2 Å². The van der Waals surface area contributed by atoms with Crippen molar-refractivity contribution in [3.05, 3.63) is 28.0 Å². The van der Waals surface area contributed by atoms with Gasteiger partial charge >= 0.3 is 5.88 Å². The number of carbonyl (C=O) groups is 1. The molecule has 0 bridgehead atoms. The minimum absolute atomic E-state index is 0.207. The van der Waals surface area contributed by atoms with Gasteiger partial charge in [-0.15, -0.1) is 0 Å². The molecule has 2 aliphatic rings. The third kappa shape index (κ3) is 3.24. The lowest BCUT2D eigenvalue weighted by atomic mass is 9.95. The van der Waals surface area contributed by atoms with Crippen molar-refractivity contribution in [2.45, 2.75) is 27.3 Å². The molecule has 1 aromatic rings. The number of carbonyl (C=O) groups excluding carboxylic acids is 1. The molecule has 0 spiro atoms. The highest BCUT2D eigenvalue weighted by Gasteiger charge is 2.43. The predicted octanol–water partition coefficient (Wildman–Crippen LogP) is 2.12. The third-order valence-electron chi connectivity index (χ3n) is 4.70. The Bertz CT molecular complexity index is 605. The average molecular weight is 321 g/mol. The zero-order valence-corrected chi connectivity index (χ0v) is 13.8. The zero-order chi connectivity index (χ0) is 16.8. The van der Waals surface area contributed by atoms with E-state index in [1.54, 1.807) is 6.07 Å². The van der Waals surface area contributed by atoms with E-state index in [1.165, 1.54) is 6.07 Å². The number of nitro groups is 1. The van der Waals surface area contributed by atoms with E-state index < -0.39 is 4.92 Å². The number of likely N-dealkylation sites (tertiary alicyclic amines) is 2. The number of hydrogen-bond acceptors (Lipinski definition) is 5. The van der Waals surface area contributed by atoms with Crippen LogP contribution in [-0.4, -0.2) is 46.8 Å². The molecule has 1 amide bonds. The fourth-order valence-electron chi connectivity index (χ4n) is 3.63. The van der Waals surface area contributed by atoms with Crippen LogP contribution in [0.15, 0.2) is 16.5 Å². The van der Waals surface area contributed by atoms with Crippen molar-refractivity contribution in [3.8, 4) is 0 Å². The first-order valence-corrected chi connectivity index (χ1v) is 7.99. The van der Waals surface area contributed by atoms with Gasteiger partial charge in [0, 0.05) is 31.6 Å². The molecule has 3 rings (SSSR count). The second-order valence-electron chi connectivity index (χ2n) is 7.67. The van der Waals surface area contributed by atoms with Gasteiger partial charge in [-0.05, 0) is 17.9 Å². The maximum atomic E-state index is 12.4. The molecule has 23 heavy (non-hydrogen) atoms. The molecule has 2 saturated heterocycles. The Kier molecular flexibility index (Phi) is 3.91. The van der Waals surface area contributed by atoms with Gasteiger partial charge in [0.25, 0.3) is 0 Å². The lowest BCUT2D eigenvalue weighted by molar-refractivity contribution is -0.402. The summed E-state index contributed by atoms with van der Waals surface area (Å²) in [5.74, 6) is 1.62. The first-order valence-electron chi connectivity index (χ1n) is 7.99. The van der Waals surface area contributed by atoms with Crippen LogP contribution in [0.4, 0.5) is 5.88 Å². The summed E-state index contributed by atoms with van der Waals surface area (Å²) in [6.45, 7) is 9.91. The highest BCUT2D eigenvalue weighted by molar-refractivity contribution is 5.81. The second kappa shape index (κ2) is 5.63. The number of furan rings is 1. The van der Waals surface area contributed by atoms with Crippen LogP contribution in [0.2, 0.25) is 0 Å². The molecule has 0 aliphatic carbocycles. The summed E-state index contributed by atoms with van der Waals surface area (Å²) in [5, 5.41) is 10.7. The van der Waals surface area contributed by atoms with Gasteiger partial charge in [0.05, 0.1) is 12.6 Å². The molecule has 0 radical (unpaired) electrons. The van der Waals surface area contributed by atoms with Gasteiger partial charge in [-0.3, -0.25) is 19.8 Å². The summed E-state index contributed by atoms with van der Waals surface area (Å²) < 4.78 is 5.23. The molecule has 0 aromatic carbocycles. The smallest absolute Gasteiger partial charge is 0.404 e. The quantitative estimate of drug-likeness (QED) is 0.629. The largest absolute Gasteiger partial charge is 0.433 e.